The molecule has 0 saturated heterocycles. The van der Waals surface area contributed by atoms with Gasteiger partial charge in [0.2, 0.25) is 0 Å². The molecule has 0 spiro atoms. The molecule has 0 heterocycles. The molecule has 1 saturated carbocycles. The van der Waals surface area contributed by atoms with E-state index < -0.39 is 0 Å². The predicted octanol–water partition coefficient (Wildman–Crippen LogP) is 4.99. The highest BCUT2D eigenvalue weighted by molar-refractivity contribution is 6.30. The van der Waals surface area contributed by atoms with Crippen molar-refractivity contribution in [3.05, 3.63) is 58.6 Å². The zero-order chi connectivity index (χ0) is 16.1. The molecule has 0 amide bonds. The van der Waals surface area contributed by atoms with Gasteiger partial charge in [0.15, 0.2) is 11.5 Å². The number of halogens is 2. The summed E-state index contributed by atoms with van der Waals surface area (Å²) in [7, 11) is 0. The van der Waals surface area contributed by atoms with Crippen LogP contribution in [-0.2, 0) is 13.2 Å². The van der Waals surface area contributed by atoms with Gasteiger partial charge in [-0.05, 0) is 55.2 Å². The van der Waals surface area contributed by atoms with Crippen LogP contribution in [0.1, 0.15) is 30.9 Å². The molecule has 1 N–H and O–H groups in total. The second kappa shape index (κ2) is 9.16. The zero-order valence-electron chi connectivity index (χ0n) is 13.8. The van der Waals surface area contributed by atoms with Gasteiger partial charge in [-0.25, -0.2) is 0 Å². The summed E-state index contributed by atoms with van der Waals surface area (Å²) in [5.41, 5.74) is 2.30. The number of rotatable bonds is 8. The Morgan fingerprint density at radius 2 is 1.71 bits per heavy atom. The van der Waals surface area contributed by atoms with Crippen molar-refractivity contribution in [2.24, 2.45) is 0 Å². The second-order valence-electron chi connectivity index (χ2n) is 5.78. The van der Waals surface area contributed by atoms with Crippen molar-refractivity contribution in [3.8, 4) is 11.5 Å². The van der Waals surface area contributed by atoms with Crippen LogP contribution in [0, 0.1) is 0 Å². The minimum absolute atomic E-state index is 0. The van der Waals surface area contributed by atoms with Crippen LogP contribution < -0.4 is 14.8 Å². The third-order valence-corrected chi connectivity index (χ3v) is 4.04. The molecule has 130 valence electrons. The number of benzene rings is 2. The van der Waals surface area contributed by atoms with E-state index in [1.807, 2.05) is 37.3 Å². The largest absolute Gasteiger partial charge is 0.490 e. The van der Waals surface area contributed by atoms with Crippen molar-refractivity contribution in [2.45, 2.75) is 39.0 Å². The molecule has 24 heavy (non-hydrogen) atoms. The number of hydrogen-bond acceptors (Lipinski definition) is 3. The number of nitrogens with one attached hydrogen (secondary N) is 1. The van der Waals surface area contributed by atoms with Gasteiger partial charge in [0, 0.05) is 17.6 Å². The molecule has 0 atom stereocenters. The van der Waals surface area contributed by atoms with Crippen LogP contribution in [-0.4, -0.2) is 12.6 Å². The summed E-state index contributed by atoms with van der Waals surface area (Å²) in [6, 6.07) is 14.5. The topological polar surface area (TPSA) is 30.5 Å². The third kappa shape index (κ3) is 5.59. The monoisotopic (exact) mass is 367 g/mol. The maximum atomic E-state index is 5.92. The molecule has 5 heteroatoms. The highest BCUT2D eigenvalue weighted by atomic mass is 35.5. The summed E-state index contributed by atoms with van der Waals surface area (Å²) >= 11 is 5.90. The summed E-state index contributed by atoms with van der Waals surface area (Å²) in [5, 5.41) is 4.25. The van der Waals surface area contributed by atoms with Crippen LogP contribution in [0.2, 0.25) is 5.02 Å². The first-order valence-electron chi connectivity index (χ1n) is 8.11. The molecule has 0 unspecified atom stereocenters. The lowest BCUT2D eigenvalue weighted by atomic mass is 10.2. The molecule has 1 aliphatic rings. The highest BCUT2D eigenvalue weighted by Gasteiger charge is 2.20. The summed E-state index contributed by atoms with van der Waals surface area (Å²) in [5.74, 6) is 1.58. The van der Waals surface area contributed by atoms with E-state index in [0.717, 1.165) is 28.6 Å². The average molecular weight is 368 g/mol. The fourth-order valence-electron chi connectivity index (χ4n) is 2.34. The smallest absolute Gasteiger partial charge is 0.161 e. The summed E-state index contributed by atoms with van der Waals surface area (Å²) in [4.78, 5) is 0. The fraction of sp³-hybridized carbons (Fsp3) is 0.368. The predicted molar refractivity (Wildman–Crippen MR) is 101 cm³/mol. The lowest BCUT2D eigenvalue weighted by molar-refractivity contribution is 0.269. The Balaban J connectivity index is 0.00000208. The number of hydrogen-bond donors (Lipinski definition) is 1. The summed E-state index contributed by atoms with van der Waals surface area (Å²) in [6.45, 7) is 3.98. The van der Waals surface area contributed by atoms with Gasteiger partial charge < -0.3 is 14.8 Å². The van der Waals surface area contributed by atoms with Crippen molar-refractivity contribution in [1.29, 1.82) is 0 Å². The van der Waals surface area contributed by atoms with Gasteiger partial charge in [0.05, 0.1) is 6.61 Å². The van der Waals surface area contributed by atoms with E-state index in [-0.39, 0.29) is 12.4 Å². The summed E-state index contributed by atoms with van der Waals surface area (Å²) < 4.78 is 11.7. The maximum Gasteiger partial charge on any atom is 0.161 e. The Hall–Kier alpha value is -1.42. The van der Waals surface area contributed by atoms with E-state index in [4.69, 9.17) is 21.1 Å². The first-order chi connectivity index (χ1) is 11.2. The first kappa shape index (κ1) is 18.9. The summed E-state index contributed by atoms with van der Waals surface area (Å²) in [6.07, 6.45) is 2.58. The lowest BCUT2D eigenvalue weighted by Crippen LogP contribution is -2.15. The first-order valence-corrected chi connectivity index (χ1v) is 8.48. The van der Waals surface area contributed by atoms with Gasteiger partial charge in [-0.15, -0.1) is 12.4 Å². The van der Waals surface area contributed by atoms with Crippen molar-refractivity contribution in [1.82, 2.24) is 5.32 Å². The van der Waals surface area contributed by atoms with Crippen LogP contribution in [0.25, 0.3) is 0 Å². The molecule has 3 rings (SSSR count). The molecule has 0 aliphatic heterocycles. The van der Waals surface area contributed by atoms with E-state index >= 15 is 0 Å². The number of ether oxygens (including phenoxy) is 2. The van der Waals surface area contributed by atoms with Gasteiger partial charge >= 0.3 is 0 Å². The van der Waals surface area contributed by atoms with Gasteiger partial charge in [-0.1, -0.05) is 29.8 Å². The quantitative estimate of drug-likeness (QED) is 0.712. The van der Waals surface area contributed by atoms with Gasteiger partial charge in [0.25, 0.3) is 0 Å². The minimum atomic E-state index is 0. The Labute approximate surface area is 154 Å². The Morgan fingerprint density at radius 1 is 1.00 bits per heavy atom. The Kier molecular flexibility index (Phi) is 7.22. The van der Waals surface area contributed by atoms with Crippen LogP contribution >= 0.6 is 24.0 Å². The van der Waals surface area contributed by atoms with E-state index in [1.165, 1.54) is 18.4 Å². The molecule has 2 aromatic carbocycles. The SMILES string of the molecule is CCOc1cc(CNC2CC2)ccc1OCc1ccc(Cl)cc1.Cl. The average Bonchev–Trinajstić information content (AvgIpc) is 3.38. The normalized spacial score (nSPS) is 13.2. The van der Waals surface area contributed by atoms with E-state index in [2.05, 4.69) is 17.4 Å². The Morgan fingerprint density at radius 3 is 2.38 bits per heavy atom. The van der Waals surface area contributed by atoms with Gasteiger partial charge in [0.1, 0.15) is 6.61 Å². The van der Waals surface area contributed by atoms with Crippen molar-refractivity contribution in [3.63, 3.8) is 0 Å². The lowest BCUT2D eigenvalue weighted by Gasteiger charge is -2.14. The van der Waals surface area contributed by atoms with Gasteiger partial charge in [-0.2, -0.15) is 0 Å². The van der Waals surface area contributed by atoms with Crippen molar-refractivity contribution >= 4 is 24.0 Å². The van der Waals surface area contributed by atoms with E-state index in [1.54, 1.807) is 0 Å². The van der Waals surface area contributed by atoms with Crippen LogP contribution in [0.5, 0.6) is 11.5 Å². The zero-order valence-corrected chi connectivity index (χ0v) is 15.3. The maximum absolute atomic E-state index is 5.92. The van der Waals surface area contributed by atoms with E-state index in [0.29, 0.717) is 19.3 Å². The highest BCUT2D eigenvalue weighted by Crippen LogP contribution is 2.30. The third-order valence-electron chi connectivity index (χ3n) is 3.79. The van der Waals surface area contributed by atoms with Crippen LogP contribution in [0.4, 0.5) is 0 Å². The van der Waals surface area contributed by atoms with E-state index in [9.17, 15) is 0 Å². The minimum Gasteiger partial charge on any atom is -0.490 e. The van der Waals surface area contributed by atoms with Crippen molar-refractivity contribution < 1.29 is 9.47 Å². The van der Waals surface area contributed by atoms with Gasteiger partial charge in [-0.3, -0.25) is 0 Å². The fourth-order valence-corrected chi connectivity index (χ4v) is 2.47. The molecular weight excluding hydrogens is 345 g/mol. The Bertz CT molecular complexity index is 642. The molecule has 0 aromatic heterocycles. The molecule has 2 aromatic rings. The standard InChI is InChI=1S/C19H22ClNO2.ClH/c1-2-22-19-11-15(12-21-17-8-9-17)5-10-18(19)23-13-14-3-6-16(20)7-4-14;/h3-7,10-11,17,21H,2,8-9,12-13H2,1H3;1H. The molecule has 1 fully saturated rings. The second-order valence-corrected chi connectivity index (χ2v) is 6.22. The molecule has 0 bridgehead atoms. The molecular formula is C19H23Cl2NO2. The van der Waals surface area contributed by atoms with Crippen molar-refractivity contribution in [2.75, 3.05) is 6.61 Å². The van der Waals surface area contributed by atoms with Crippen LogP contribution in [0.3, 0.4) is 0 Å². The van der Waals surface area contributed by atoms with Crippen LogP contribution in [0.15, 0.2) is 42.5 Å². The molecule has 0 radical (unpaired) electrons. The molecule has 3 nitrogen and oxygen atoms in total. The molecule has 1 aliphatic carbocycles.